The molecule has 0 saturated carbocycles. The molecule has 0 fully saturated rings. The number of aryl methyl sites for hydroxylation is 1. The minimum atomic E-state index is -0.950. The number of nitrogens with zero attached hydrogens (tertiary/aromatic N) is 1. The van der Waals surface area contributed by atoms with Crippen molar-refractivity contribution in [2.24, 2.45) is 5.10 Å². The number of ether oxygens (including phenoxy) is 2. The molecule has 0 heterocycles. The van der Waals surface area contributed by atoms with Gasteiger partial charge in [-0.25, -0.2) is 5.43 Å². The van der Waals surface area contributed by atoms with E-state index >= 15 is 0 Å². The van der Waals surface area contributed by atoms with Crippen molar-refractivity contribution in [2.45, 2.75) is 6.92 Å². The molecule has 0 aromatic heterocycles. The molecule has 0 bridgehead atoms. The van der Waals surface area contributed by atoms with Crippen LogP contribution < -0.4 is 25.5 Å². The second kappa shape index (κ2) is 12.2. The zero-order chi connectivity index (χ0) is 25.2. The van der Waals surface area contributed by atoms with Gasteiger partial charge in [0.15, 0.2) is 18.1 Å². The van der Waals surface area contributed by atoms with Gasteiger partial charge in [-0.05, 0) is 60.5 Å². The Morgan fingerprint density at radius 2 is 1.69 bits per heavy atom. The highest BCUT2D eigenvalue weighted by molar-refractivity contribution is 6.39. The minimum Gasteiger partial charge on any atom is -0.493 e. The Morgan fingerprint density at radius 1 is 0.914 bits per heavy atom. The number of hydrogen-bond acceptors (Lipinski definition) is 6. The zero-order valence-electron chi connectivity index (χ0n) is 19.0. The molecule has 3 N–H and O–H groups in total. The van der Waals surface area contributed by atoms with E-state index in [1.807, 2.05) is 25.1 Å². The van der Waals surface area contributed by atoms with E-state index in [0.29, 0.717) is 33.5 Å². The fourth-order valence-electron chi connectivity index (χ4n) is 2.82. The largest absolute Gasteiger partial charge is 0.493 e. The van der Waals surface area contributed by atoms with Crippen LogP contribution in [-0.4, -0.2) is 37.7 Å². The molecule has 35 heavy (non-hydrogen) atoms. The molecule has 180 valence electrons. The summed E-state index contributed by atoms with van der Waals surface area (Å²) in [6.45, 7) is 1.61. The SMILES string of the molecule is COc1cc(/C=N\NC(=O)C(=O)Nc2ccc(C)c(Cl)c2)ccc1OCC(=O)Nc1ccccc1. The number of hydrogen-bond donors (Lipinski definition) is 3. The summed E-state index contributed by atoms with van der Waals surface area (Å²) in [5, 5.41) is 9.43. The van der Waals surface area contributed by atoms with Crippen LogP contribution in [0.5, 0.6) is 11.5 Å². The summed E-state index contributed by atoms with van der Waals surface area (Å²) < 4.78 is 10.9. The van der Waals surface area contributed by atoms with Crippen molar-refractivity contribution >= 4 is 46.9 Å². The third-order valence-corrected chi connectivity index (χ3v) is 5.03. The van der Waals surface area contributed by atoms with Crippen molar-refractivity contribution < 1.29 is 23.9 Å². The molecule has 0 unspecified atom stereocenters. The van der Waals surface area contributed by atoms with E-state index in [1.54, 1.807) is 48.5 Å². The molecular weight excluding hydrogens is 472 g/mol. The predicted octanol–water partition coefficient (Wildman–Crippen LogP) is 3.76. The van der Waals surface area contributed by atoms with Gasteiger partial charge in [0.25, 0.3) is 5.91 Å². The van der Waals surface area contributed by atoms with Crippen molar-refractivity contribution in [1.29, 1.82) is 0 Å². The Balaban J connectivity index is 1.52. The molecule has 0 saturated heterocycles. The van der Waals surface area contributed by atoms with Crippen LogP contribution in [0.25, 0.3) is 0 Å². The third kappa shape index (κ3) is 7.58. The van der Waals surface area contributed by atoms with Crippen molar-refractivity contribution in [3.8, 4) is 11.5 Å². The summed E-state index contributed by atoms with van der Waals surface area (Å²) in [7, 11) is 1.45. The monoisotopic (exact) mass is 494 g/mol. The number of hydrazone groups is 1. The Morgan fingerprint density at radius 3 is 2.40 bits per heavy atom. The van der Waals surface area contributed by atoms with Gasteiger partial charge in [-0.3, -0.25) is 14.4 Å². The number of benzene rings is 3. The maximum Gasteiger partial charge on any atom is 0.329 e. The molecule has 3 amide bonds. The first-order valence-corrected chi connectivity index (χ1v) is 10.8. The molecule has 9 nitrogen and oxygen atoms in total. The highest BCUT2D eigenvalue weighted by atomic mass is 35.5. The Labute approximate surface area is 207 Å². The number of para-hydroxylation sites is 1. The second-order valence-corrected chi connectivity index (χ2v) is 7.64. The number of rotatable bonds is 8. The summed E-state index contributed by atoms with van der Waals surface area (Å²) in [5.41, 5.74) is 4.62. The smallest absolute Gasteiger partial charge is 0.329 e. The van der Waals surface area contributed by atoms with Crippen molar-refractivity contribution in [1.82, 2.24) is 5.43 Å². The van der Waals surface area contributed by atoms with E-state index in [0.717, 1.165) is 5.56 Å². The van der Waals surface area contributed by atoms with Crippen LogP contribution in [0.3, 0.4) is 0 Å². The van der Waals surface area contributed by atoms with Crippen molar-refractivity contribution in [3.63, 3.8) is 0 Å². The molecule has 0 aliphatic heterocycles. The van der Waals surface area contributed by atoms with E-state index in [4.69, 9.17) is 21.1 Å². The highest BCUT2D eigenvalue weighted by Gasteiger charge is 2.13. The third-order valence-electron chi connectivity index (χ3n) is 4.62. The number of halogens is 1. The van der Waals surface area contributed by atoms with Crippen molar-refractivity contribution in [2.75, 3.05) is 24.4 Å². The number of methoxy groups -OCH3 is 1. The molecule has 10 heteroatoms. The van der Waals surface area contributed by atoms with Gasteiger partial charge in [-0.2, -0.15) is 5.10 Å². The van der Waals surface area contributed by atoms with Crippen LogP contribution in [0, 0.1) is 6.92 Å². The molecule has 3 aromatic rings. The predicted molar refractivity (Wildman–Crippen MR) is 134 cm³/mol. The Hall–Kier alpha value is -4.37. The summed E-state index contributed by atoms with van der Waals surface area (Å²) in [6.07, 6.45) is 1.34. The Bertz CT molecular complexity index is 1250. The van der Waals surface area contributed by atoms with Gasteiger partial charge in [0, 0.05) is 16.4 Å². The summed E-state index contributed by atoms with van der Waals surface area (Å²) >= 11 is 6.02. The number of carbonyl (C=O) groups excluding carboxylic acids is 3. The van der Waals surface area contributed by atoms with E-state index in [1.165, 1.54) is 13.3 Å². The fraction of sp³-hybridized carbons (Fsp3) is 0.120. The minimum absolute atomic E-state index is 0.212. The lowest BCUT2D eigenvalue weighted by Gasteiger charge is -2.11. The van der Waals surface area contributed by atoms with E-state index < -0.39 is 11.8 Å². The molecule has 3 rings (SSSR count). The van der Waals surface area contributed by atoms with E-state index in [-0.39, 0.29) is 12.5 Å². The first-order valence-electron chi connectivity index (χ1n) is 10.4. The van der Waals surface area contributed by atoms with Crippen LogP contribution in [0.4, 0.5) is 11.4 Å². The standard InChI is InChI=1S/C25H23ClN4O5/c1-16-8-10-19(13-20(16)26)29-24(32)25(33)30-27-14-17-9-11-21(22(12-17)34-2)35-15-23(31)28-18-6-4-3-5-7-18/h3-14H,15H2,1-2H3,(H,28,31)(H,29,32)(H,30,33)/b27-14-. The maximum absolute atomic E-state index is 12.1. The van der Waals surface area contributed by atoms with Crippen LogP contribution in [0.2, 0.25) is 5.02 Å². The normalized spacial score (nSPS) is 10.5. The summed E-state index contributed by atoms with van der Waals surface area (Å²) in [4.78, 5) is 36.1. The van der Waals surface area contributed by atoms with Gasteiger partial charge in [-0.1, -0.05) is 35.9 Å². The molecule has 0 aliphatic carbocycles. The van der Waals surface area contributed by atoms with Gasteiger partial charge >= 0.3 is 11.8 Å². The lowest BCUT2D eigenvalue weighted by molar-refractivity contribution is -0.136. The fourth-order valence-corrected chi connectivity index (χ4v) is 3.00. The molecular formula is C25H23ClN4O5. The first-order chi connectivity index (χ1) is 16.9. The second-order valence-electron chi connectivity index (χ2n) is 7.23. The number of carbonyl (C=O) groups is 3. The van der Waals surface area contributed by atoms with Crippen LogP contribution in [0.15, 0.2) is 71.8 Å². The summed E-state index contributed by atoms with van der Waals surface area (Å²) in [6, 6.07) is 18.8. The molecule has 0 spiro atoms. The topological polar surface area (TPSA) is 118 Å². The quantitative estimate of drug-likeness (QED) is 0.250. The van der Waals surface area contributed by atoms with Crippen molar-refractivity contribution in [3.05, 3.63) is 82.9 Å². The number of nitrogens with one attached hydrogen (secondary N) is 3. The maximum atomic E-state index is 12.1. The molecule has 0 atom stereocenters. The Kier molecular flexibility index (Phi) is 8.80. The summed E-state index contributed by atoms with van der Waals surface area (Å²) in [5.74, 6) is -1.45. The molecule has 3 aromatic carbocycles. The van der Waals surface area contributed by atoms with Gasteiger partial charge < -0.3 is 20.1 Å². The van der Waals surface area contributed by atoms with Gasteiger partial charge in [-0.15, -0.1) is 0 Å². The highest BCUT2D eigenvalue weighted by Crippen LogP contribution is 2.27. The van der Waals surface area contributed by atoms with E-state index in [2.05, 4.69) is 21.2 Å². The van der Waals surface area contributed by atoms with Gasteiger partial charge in [0.1, 0.15) is 0 Å². The lowest BCUT2D eigenvalue weighted by atomic mass is 10.2. The van der Waals surface area contributed by atoms with Crippen LogP contribution in [0.1, 0.15) is 11.1 Å². The van der Waals surface area contributed by atoms with Crippen LogP contribution in [-0.2, 0) is 14.4 Å². The average Bonchev–Trinajstić information content (AvgIpc) is 2.85. The van der Waals surface area contributed by atoms with Gasteiger partial charge in [0.05, 0.1) is 13.3 Å². The molecule has 0 aliphatic rings. The molecule has 0 radical (unpaired) electrons. The number of anilines is 2. The average molecular weight is 495 g/mol. The lowest BCUT2D eigenvalue weighted by Crippen LogP contribution is -2.32. The first kappa shape index (κ1) is 25.3. The van der Waals surface area contributed by atoms with Gasteiger partial charge in [0.2, 0.25) is 0 Å². The van der Waals surface area contributed by atoms with E-state index in [9.17, 15) is 14.4 Å². The number of amides is 3. The zero-order valence-corrected chi connectivity index (χ0v) is 19.8. The van der Waals surface area contributed by atoms with Crippen LogP contribution >= 0.6 is 11.6 Å².